The maximum Gasteiger partial charge on any atom is 0.312 e. The number of methoxy groups -OCH3 is 1. The summed E-state index contributed by atoms with van der Waals surface area (Å²) in [5.41, 5.74) is 1.99. The topological polar surface area (TPSA) is 49.9 Å². The third kappa shape index (κ3) is 5.58. The Labute approximate surface area is 173 Å². The van der Waals surface area contributed by atoms with Crippen molar-refractivity contribution in [1.29, 1.82) is 0 Å². The maximum absolute atomic E-state index is 12.8. The fourth-order valence-corrected chi connectivity index (χ4v) is 3.77. The monoisotopic (exact) mass is 406 g/mol. The molecule has 0 bridgehead atoms. The molecule has 0 saturated carbocycles. The molecule has 0 N–H and O–H groups in total. The van der Waals surface area contributed by atoms with Gasteiger partial charge in [-0.25, -0.2) is 0 Å². The SMILES string of the molecule is CCC(=O)N(c1ccccc1)C1CCN(CC/C(C)=C(/C)Cl)CC1C(=O)OC. The first kappa shape index (κ1) is 22.4. The summed E-state index contributed by atoms with van der Waals surface area (Å²) in [6.07, 6.45) is 1.98. The molecular weight excluding hydrogens is 376 g/mol. The number of halogens is 1. The number of anilines is 1. The van der Waals surface area contributed by atoms with E-state index in [-0.39, 0.29) is 23.8 Å². The number of benzene rings is 1. The van der Waals surface area contributed by atoms with Gasteiger partial charge in [0.05, 0.1) is 19.1 Å². The lowest BCUT2D eigenvalue weighted by molar-refractivity contribution is -0.148. The molecule has 0 aliphatic carbocycles. The van der Waals surface area contributed by atoms with Crippen molar-refractivity contribution in [2.45, 2.75) is 46.1 Å². The van der Waals surface area contributed by atoms with Gasteiger partial charge in [-0.05, 0) is 38.8 Å². The standard InChI is InChI=1S/C22H31ClN2O3/c1-5-21(26)25(18-9-7-6-8-10-18)20-12-14-24(13-11-16(2)17(3)23)15-19(20)22(27)28-4/h6-10,19-20H,5,11-15H2,1-4H3/b17-16-. The smallest absolute Gasteiger partial charge is 0.312 e. The van der Waals surface area contributed by atoms with Crippen LogP contribution in [0.25, 0.3) is 0 Å². The van der Waals surface area contributed by atoms with Gasteiger partial charge in [0, 0.05) is 36.8 Å². The number of esters is 1. The molecular formula is C22H31ClN2O3. The van der Waals surface area contributed by atoms with Crippen LogP contribution in [0.15, 0.2) is 40.9 Å². The normalized spacial score (nSPS) is 21.0. The van der Waals surface area contributed by atoms with E-state index in [0.29, 0.717) is 13.0 Å². The maximum atomic E-state index is 12.8. The molecule has 1 aliphatic rings. The number of carbonyl (C=O) groups is 2. The lowest BCUT2D eigenvalue weighted by Gasteiger charge is -2.42. The van der Waals surface area contributed by atoms with E-state index >= 15 is 0 Å². The van der Waals surface area contributed by atoms with Crippen LogP contribution in [0.2, 0.25) is 0 Å². The molecule has 1 aliphatic heterocycles. The van der Waals surface area contributed by atoms with Crippen LogP contribution in [-0.2, 0) is 14.3 Å². The van der Waals surface area contributed by atoms with Crippen molar-refractivity contribution in [3.63, 3.8) is 0 Å². The largest absolute Gasteiger partial charge is 0.469 e. The second-order valence-corrected chi connectivity index (χ2v) is 7.87. The molecule has 1 heterocycles. The summed E-state index contributed by atoms with van der Waals surface area (Å²) in [6.45, 7) is 8.02. The number of likely N-dealkylation sites (tertiary alicyclic amines) is 1. The minimum absolute atomic E-state index is 0.0232. The van der Waals surface area contributed by atoms with Gasteiger partial charge in [0.25, 0.3) is 0 Å². The average molecular weight is 407 g/mol. The van der Waals surface area contributed by atoms with Gasteiger partial charge in [0.2, 0.25) is 5.91 Å². The Balaban J connectivity index is 2.23. The van der Waals surface area contributed by atoms with Gasteiger partial charge < -0.3 is 14.5 Å². The van der Waals surface area contributed by atoms with E-state index in [1.807, 2.05) is 51.1 Å². The molecule has 2 atom stereocenters. The molecule has 1 fully saturated rings. The van der Waals surface area contributed by atoms with E-state index in [0.717, 1.165) is 42.2 Å². The number of rotatable bonds is 7. The van der Waals surface area contributed by atoms with E-state index in [1.165, 1.54) is 7.11 Å². The molecule has 6 heteroatoms. The lowest BCUT2D eigenvalue weighted by Crippen LogP contribution is -2.56. The number of amides is 1. The fraction of sp³-hybridized carbons (Fsp3) is 0.545. The Bertz CT molecular complexity index is 701. The third-order valence-corrected chi connectivity index (χ3v) is 5.82. The first-order valence-corrected chi connectivity index (χ1v) is 10.3. The molecule has 1 saturated heterocycles. The van der Waals surface area contributed by atoms with Gasteiger partial charge in [-0.15, -0.1) is 0 Å². The van der Waals surface area contributed by atoms with Crippen molar-refractivity contribution in [2.75, 3.05) is 31.6 Å². The summed E-state index contributed by atoms with van der Waals surface area (Å²) in [5, 5.41) is 0.822. The molecule has 28 heavy (non-hydrogen) atoms. The van der Waals surface area contributed by atoms with E-state index in [9.17, 15) is 9.59 Å². The van der Waals surface area contributed by atoms with Crippen LogP contribution in [-0.4, -0.2) is 49.6 Å². The highest BCUT2D eigenvalue weighted by molar-refractivity contribution is 6.29. The van der Waals surface area contributed by atoms with Crippen molar-refractivity contribution >= 4 is 29.2 Å². The zero-order valence-electron chi connectivity index (χ0n) is 17.3. The zero-order chi connectivity index (χ0) is 20.7. The molecule has 1 aromatic carbocycles. The predicted octanol–water partition coefficient (Wildman–Crippen LogP) is 4.22. The van der Waals surface area contributed by atoms with Crippen LogP contribution in [0.5, 0.6) is 0 Å². The van der Waals surface area contributed by atoms with Crippen LogP contribution >= 0.6 is 11.6 Å². The number of hydrogen-bond donors (Lipinski definition) is 0. The Hall–Kier alpha value is -1.85. The Morgan fingerprint density at radius 3 is 2.50 bits per heavy atom. The van der Waals surface area contributed by atoms with Gasteiger partial charge >= 0.3 is 5.97 Å². The number of ether oxygens (including phenoxy) is 1. The lowest BCUT2D eigenvalue weighted by atomic mass is 9.89. The van der Waals surface area contributed by atoms with Crippen LogP contribution in [0.3, 0.4) is 0 Å². The number of carbonyl (C=O) groups excluding carboxylic acids is 2. The second kappa shape index (κ2) is 10.6. The van der Waals surface area contributed by atoms with E-state index < -0.39 is 0 Å². The number of piperidine rings is 1. The van der Waals surface area contributed by atoms with Crippen LogP contribution < -0.4 is 4.90 Å². The second-order valence-electron chi connectivity index (χ2n) is 7.30. The van der Waals surface area contributed by atoms with Crippen molar-refractivity contribution < 1.29 is 14.3 Å². The Morgan fingerprint density at radius 1 is 1.25 bits per heavy atom. The summed E-state index contributed by atoms with van der Waals surface area (Å²) in [6, 6.07) is 9.39. The highest BCUT2D eigenvalue weighted by Crippen LogP contribution is 2.29. The molecule has 0 aromatic heterocycles. The van der Waals surface area contributed by atoms with Crippen molar-refractivity contribution in [1.82, 2.24) is 4.90 Å². The number of allylic oxidation sites excluding steroid dienone is 1. The molecule has 0 radical (unpaired) electrons. The summed E-state index contributed by atoms with van der Waals surface area (Å²) in [5.74, 6) is -0.619. The molecule has 2 unspecified atom stereocenters. The molecule has 5 nitrogen and oxygen atoms in total. The summed E-state index contributed by atoms with van der Waals surface area (Å²) in [7, 11) is 1.41. The minimum atomic E-state index is -0.379. The summed E-state index contributed by atoms with van der Waals surface area (Å²) >= 11 is 6.07. The molecule has 154 valence electrons. The van der Waals surface area contributed by atoms with Gasteiger partial charge in [0.15, 0.2) is 0 Å². The molecule has 1 amide bonds. The zero-order valence-corrected chi connectivity index (χ0v) is 18.0. The van der Waals surface area contributed by atoms with E-state index in [1.54, 1.807) is 4.90 Å². The molecule has 2 rings (SSSR count). The number of nitrogens with zero attached hydrogens (tertiary/aromatic N) is 2. The summed E-state index contributed by atoms with van der Waals surface area (Å²) in [4.78, 5) is 29.4. The van der Waals surface area contributed by atoms with Crippen LogP contribution in [0.1, 0.15) is 40.0 Å². The first-order chi connectivity index (χ1) is 13.4. The average Bonchev–Trinajstić information content (AvgIpc) is 2.72. The third-order valence-electron chi connectivity index (χ3n) is 5.49. The molecule has 1 aromatic rings. The van der Waals surface area contributed by atoms with Gasteiger partial charge in [-0.3, -0.25) is 9.59 Å². The van der Waals surface area contributed by atoms with Gasteiger partial charge in [-0.2, -0.15) is 0 Å². The number of para-hydroxylation sites is 1. The van der Waals surface area contributed by atoms with Crippen molar-refractivity contribution in [3.8, 4) is 0 Å². The molecule has 0 spiro atoms. The van der Waals surface area contributed by atoms with Crippen LogP contribution in [0, 0.1) is 5.92 Å². The Morgan fingerprint density at radius 2 is 1.93 bits per heavy atom. The minimum Gasteiger partial charge on any atom is -0.469 e. The van der Waals surface area contributed by atoms with Crippen molar-refractivity contribution in [2.24, 2.45) is 5.92 Å². The highest BCUT2D eigenvalue weighted by Gasteiger charge is 2.40. The van der Waals surface area contributed by atoms with E-state index in [2.05, 4.69) is 4.90 Å². The quantitative estimate of drug-likeness (QED) is 0.636. The highest BCUT2D eigenvalue weighted by atomic mass is 35.5. The van der Waals surface area contributed by atoms with Gasteiger partial charge in [0.1, 0.15) is 0 Å². The fourth-order valence-electron chi connectivity index (χ4n) is 3.68. The predicted molar refractivity (Wildman–Crippen MR) is 113 cm³/mol. The summed E-state index contributed by atoms with van der Waals surface area (Å²) < 4.78 is 5.10. The Kier molecular flexibility index (Phi) is 8.52. The van der Waals surface area contributed by atoms with Crippen LogP contribution in [0.4, 0.5) is 5.69 Å². The van der Waals surface area contributed by atoms with E-state index in [4.69, 9.17) is 16.3 Å². The first-order valence-electron chi connectivity index (χ1n) is 9.88. The van der Waals surface area contributed by atoms with Crippen molar-refractivity contribution in [3.05, 3.63) is 40.9 Å². The van der Waals surface area contributed by atoms with Gasteiger partial charge in [-0.1, -0.05) is 42.3 Å². The number of hydrogen-bond acceptors (Lipinski definition) is 4.